The first-order valence-electron chi connectivity index (χ1n) is 0. The topological polar surface area (TPSA) is 28.5 Å². The Morgan fingerprint density at radius 3 is 1.00 bits per heavy atom. The monoisotopic (exact) mass is 416 g/mol. The Kier molecular flexibility index (Phi) is 173. The number of hydrogen-bond acceptors (Lipinski definition) is 0. The Bertz CT molecular complexity index is 11.6. The summed E-state index contributed by atoms with van der Waals surface area (Å²) in [6.07, 6.45) is 0. The predicted molar refractivity (Wildman–Crippen MR) is 23.5 cm³/mol. The van der Waals surface area contributed by atoms with Crippen molar-refractivity contribution in [2.24, 2.45) is 0 Å². The van der Waals surface area contributed by atoms with E-state index in [0.29, 0.717) is 0 Å². The van der Waals surface area contributed by atoms with E-state index in [9.17, 15) is 0 Å². The second kappa shape index (κ2) is 24.3. The van der Waals surface area contributed by atoms with E-state index in [0.717, 1.165) is 0 Å². The Balaban J connectivity index is 0. The summed E-state index contributed by atoms with van der Waals surface area (Å²) in [5, 5.41) is 0. The third-order valence-electron chi connectivity index (χ3n) is 0. The fourth-order valence-electron chi connectivity index (χ4n) is 0. The number of rotatable bonds is 0. The van der Waals surface area contributed by atoms with Crippen molar-refractivity contribution in [1.29, 1.82) is 0 Å². The molecule has 0 saturated carbocycles. The molecule has 0 rings (SSSR count). The van der Waals surface area contributed by atoms with Gasteiger partial charge in [0.1, 0.15) is 0 Å². The molecule has 5 heteroatoms. The molecular weight excluding hydrogens is 412 g/mol. The first-order valence-corrected chi connectivity index (χ1v) is 0. The summed E-state index contributed by atoms with van der Waals surface area (Å²) in [7, 11) is 0. The standard InChI is InChI=1S/Bi.Ca.Co.O.Sr.4H/q;;+2;-2;;;;;. The molecule has 0 aliphatic heterocycles. The van der Waals surface area contributed by atoms with Crippen LogP contribution in [0.5, 0.6) is 0 Å². The van der Waals surface area contributed by atoms with Gasteiger partial charge in [0.25, 0.3) is 0 Å². The van der Waals surface area contributed by atoms with E-state index in [-0.39, 0.29) is 132 Å². The van der Waals surface area contributed by atoms with Gasteiger partial charge in [0, 0.05) is 26.2 Å². The molecule has 0 aliphatic rings. The molecule has 0 fully saturated rings. The maximum absolute atomic E-state index is 0. The van der Waals surface area contributed by atoms with Crippen molar-refractivity contribution in [3.05, 3.63) is 0 Å². The molecule has 0 aliphatic carbocycles. The first-order chi connectivity index (χ1) is 0. The molecule has 0 saturated heterocycles. The van der Waals surface area contributed by atoms with Gasteiger partial charge in [-0.15, -0.1) is 0 Å². The van der Waals surface area contributed by atoms with Gasteiger partial charge in [-0.3, -0.25) is 0 Å². The molecule has 0 aromatic heterocycles. The van der Waals surface area contributed by atoms with Crippen LogP contribution in [0.15, 0.2) is 0 Å². The van der Waals surface area contributed by atoms with Gasteiger partial charge in [0.05, 0.1) is 0 Å². The van der Waals surface area contributed by atoms with Crippen molar-refractivity contribution < 1.29 is 22.3 Å². The van der Waals surface area contributed by atoms with E-state index in [2.05, 4.69) is 0 Å². The van der Waals surface area contributed by atoms with Crippen LogP contribution in [-0.4, -0.2) is 109 Å². The molecule has 0 amide bonds. The summed E-state index contributed by atoms with van der Waals surface area (Å²) in [4.78, 5) is 0. The summed E-state index contributed by atoms with van der Waals surface area (Å²) in [6, 6.07) is 0. The maximum atomic E-state index is 0. The molecule has 0 bridgehead atoms. The van der Waals surface area contributed by atoms with Crippen LogP contribution in [-0.2, 0) is 22.3 Å². The molecule has 0 unspecified atom stereocenters. The molecule has 0 aromatic carbocycles. The predicted octanol–water partition coefficient (Wildman–Crippen LogP) is -2.33. The van der Waals surface area contributed by atoms with Crippen LogP contribution in [0, 0.1) is 0 Å². The Morgan fingerprint density at radius 2 is 1.00 bits per heavy atom. The fraction of sp³-hybridized carbons (Fsp3) is 0. The van der Waals surface area contributed by atoms with Crippen LogP contribution >= 0.6 is 0 Å². The van der Waals surface area contributed by atoms with Crippen LogP contribution in [0.1, 0.15) is 0 Å². The van der Waals surface area contributed by atoms with E-state index >= 15 is 0 Å². The number of hydrogen-bond donors (Lipinski definition) is 0. The second-order valence-corrected chi connectivity index (χ2v) is 0. The van der Waals surface area contributed by atoms with E-state index in [1.165, 1.54) is 0 Å². The average Bonchev–Trinajstić information content (AvgIpc) is 0. The Morgan fingerprint density at radius 1 is 1.00 bits per heavy atom. The van der Waals surface area contributed by atoms with Gasteiger partial charge in [-0.1, -0.05) is 0 Å². The van der Waals surface area contributed by atoms with Crippen LogP contribution < -0.4 is 0 Å². The molecular formula is H4BiCaCoOSr. The average molecular weight is 416 g/mol. The third-order valence-corrected chi connectivity index (χ3v) is 0. The van der Waals surface area contributed by atoms with E-state index in [4.69, 9.17) is 0 Å². The van der Waals surface area contributed by atoms with Crippen molar-refractivity contribution in [2.75, 3.05) is 0 Å². The van der Waals surface area contributed by atoms with E-state index < -0.39 is 0 Å². The molecule has 0 aromatic rings. The van der Waals surface area contributed by atoms with Crippen molar-refractivity contribution >= 4 is 109 Å². The summed E-state index contributed by atoms with van der Waals surface area (Å²) in [6.45, 7) is 0. The molecule has 0 heterocycles. The molecule has 0 spiro atoms. The molecule has 4 radical (unpaired) electrons. The van der Waals surface area contributed by atoms with Gasteiger partial charge >= 0.3 is 100.0 Å². The van der Waals surface area contributed by atoms with Gasteiger partial charge in [0.2, 0.25) is 0 Å². The Hall–Kier alpha value is 4.09. The van der Waals surface area contributed by atoms with Gasteiger partial charge in [-0.2, -0.15) is 0 Å². The molecule has 5 heavy (non-hydrogen) atoms. The minimum atomic E-state index is 0. The molecule has 0 N–H and O–H groups in total. The van der Waals surface area contributed by atoms with Gasteiger partial charge < -0.3 is 5.48 Å². The quantitative estimate of drug-likeness (QED) is 0.397. The van der Waals surface area contributed by atoms with Crippen LogP contribution in [0.25, 0.3) is 0 Å². The minimum absolute atomic E-state index is 0. The summed E-state index contributed by atoms with van der Waals surface area (Å²) in [5.74, 6) is 0. The van der Waals surface area contributed by atoms with Crippen LogP contribution in [0.3, 0.4) is 0 Å². The van der Waals surface area contributed by atoms with Gasteiger partial charge in [-0.25, -0.2) is 0 Å². The fourth-order valence-corrected chi connectivity index (χ4v) is 0. The van der Waals surface area contributed by atoms with E-state index in [1.807, 2.05) is 0 Å². The molecule has 28 valence electrons. The molecule has 1 nitrogen and oxygen atoms in total. The van der Waals surface area contributed by atoms with Gasteiger partial charge in [-0.05, 0) is 0 Å². The normalized spacial score (nSPS) is 0. The summed E-state index contributed by atoms with van der Waals surface area (Å²) < 4.78 is 0. The van der Waals surface area contributed by atoms with Crippen molar-refractivity contribution in [3.8, 4) is 0 Å². The van der Waals surface area contributed by atoms with Crippen molar-refractivity contribution in [2.45, 2.75) is 0 Å². The Labute approximate surface area is 128 Å². The zero-order valence-electron chi connectivity index (χ0n) is 1.19. The second-order valence-electron chi connectivity index (χ2n) is 0. The molecule has 0 atom stereocenters. The van der Waals surface area contributed by atoms with Gasteiger partial charge in [0.15, 0.2) is 0 Å². The summed E-state index contributed by atoms with van der Waals surface area (Å²) in [5.41, 5.74) is 0. The van der Waals surface area contributed by atoms with Crippen LogP contribution in [0.2, 0.25) is 0 Å². The first kappa shape index (κ1) is 35.6. The zero-order chi connectivity index (χ0) is 0. The van der Waals surface area contributed by atoms with Crippen molar-refractivity contribution in [1.82, 2.24) is 0 Å². The summed E-state index contributed by atoms with van der Waals surface area (Å²) >= 11 is 0. The van der Waals surface area contributed by atoms with Crippen molar-refractivity contribution in [3.63, 3.8) is 0 Å². The zero-order valence-corrected chi connectivity index (χ0v) is 5.71. The SMILES string of the molecule is [Bi].[CaH2].[Co+2].[O-2].[SrH2]. The third kappa shape index (κ3) is 17.9. The van der Waals surface area contributed by atoms with E-state index in [1.54, 1.807) is 0 Å². The van der Waals surface area contributed by atoms with Crippen LogP contribution in [0.4, 0.5) is 0 Å².